The predicted molar refractivity (Wildman–Crippen MR) is 126 cm³/mol. The molecule has 0 spiro atoms. The molecule has 0 saturated carbocycles. The lowest BCUT2D eigenvalue weighted by Crippen LogP contribution is -2.28. The molecule has 0 aliphatic rings. The zero-order chi connectivity index (χ0) is 21.9. The molecule has 0 saturated heterocycles. The summed E-state index contributed by atoms with van der Waals surface area (Å²) in [4.78, 5) is 4.58. The van der Waals surface area contributed by atoms with Crippen LogP contribution in [0, 0.1) is 0 Å². The molecule has 6 rings (SSSR count). The molecule has 0 amide bonds. The number of rotatable bonds is 3. The van der Waals surface area contributed by atoms with Crippen molar-refractivity contribution in [3.8, 4) is 22.5 Å². The van der Waals surface area contributed by atoms with Crippen molar-refractivity contribution >= 4 is 27.6 Å². The molecule has 7 nitrogen and oxygen atoms in total. The summed E-state index contributed by atoms with van der Waals surface area (Å²) >= 11 is 0. The molecule has 32 heavy (non-hydrogen) atoms. The summed E-state index contributed by atoms with van der Waals surface area (Å²) in [5.41, 5.74) is 13.7. The van der Waals surface area contributed by atoms with Crippen molar-refractivity contribution in [3.63, 3.8) is 0 Å². The first-order valence-corrected chi connectivity index (χ1v) is 10.4. The van der Waals surface area contributed by atoms with Gasteiger partial charge >= 0.3 is 0 Å². The molecule has 0 aliphatic carbocycles. The van der Waals surface area contributed by atoms with Crippen LogP contribution >= 0.6 is 0 Å². The van der Waals surface area contributed by atoms with Crippen molar-refractivity contribution in [2.75, 3.05) is 0 Å². The van der Waals surface area contributed by atoms with Gasteiger partial charge in [0.1, 0.15) is 0 Å². The molecule has 0 atom stereocenters. The minimum absolute atomic E-state index is 0.396. The monoisotopic (exact) mass is 419 g/mol. The summed E-state index contributed by atoms with van der Waals surface area (Å²) < 4.78 is 2.06. The number of aromatic nitrogens is 6. The van der Waals surface area contributed by atoms with E-state index >= 15 is 0 Å². The Bertz CT molecular complexity index is 1600. The number of nitrogens with two attached hydrogens (primary N) is 1. The number of H-pyrrole nitrogens is 1. The third-order valence-corrected chi connectivity index (χ3v) is 5.88. The van der Waals surface area contributed by atoms with Gasteiger partial charge in [-0.3, -0.25) is 14.5 Å². The minimum Gasteiger partial charge on any atom is -0.322 e. The van der Waals surface area contributed by atoms with Gasteiger partial charge in [0.05, 0.1) is 28.9 Å². The van der Waals surface area contributed by atoms with E-state index in [1.54, 1.807) is 6.20 Å². The number of fused-ring (bicyclic) bond motifs is 4. The summed E-state index contributed by atoms with van der Waals surface area (Å²) in [6.45, 7) is 3.99. The molecule has 0 fully saturated rings. The lowest BCUT2D eigenvalue weighted by Gasteiger charge is -2.19. The molecular formula is C25H21N7. The van der Waals surface area contributed by atoms with Crippen LogP contribution in [0.15, 0.2) is 73.1 Å². The number of nitrogens with zero attached hydrogens (tertiary/aromatic N) is 5. The molecule has 3 heterocycles. The SMILES string of the molecule is CC(C)(N)c1ccc(-c2nnc3cnc4ccc(-c5ccc6[nH]ncc6c5)cc4n23)cc1. The van der Waals surface area contributed by atoms with Gasteiger partial charge in [0, 0.05) is 16.5 Å². The number of hydrogen-bond donors (Lipinski definition) is 2. The molecule has 0 radical (unpaired) electrons. The number of nitrogens with one attached hydrogen (secondary N) is 1. The predicted octanol–water partition coefficient (Wildman–Crippen LogP) is 4.68. The Balaban J connectivity index is 1.54. The smallest absolute Gasteiger partial charge is 0.180 e. The average Bonchev–Trinajstić information content (AvgIpc) is 3.45. The second-order valence-electron chi connectivity index (χ2n) is 8.65. The number of aromatic amines is 1. The van der Waals surface area contributed by atoms with Gasteiger partial charge in [0.15, 0.2) is 11.5 Å². The summed E-state index contributed by atoms with van der Waals surface area (Å²) in [7, 11) is 0. The third kappa shape index (κ3) is 2.94. The Labute approximate surface area is 183 Å². The molecule has 3 aromatic heterocycles. The lowest BCUT2D eigenvalue weighted by molar-refractivity contribution is 0.554. The van der Waals surface area contributed by atoms with E-state index in [4.69, 9.17) is 5.73 Å². The Morgan fingerprint density at radius 3 is 2.41 bits per heavy atom. The van der Waals surface area contributed by atoms with Gasteiger partial charge in [-0.15, -0.1) is 10.2 Å². The molecule has 156 valence electrons. The Morgan fingerprint density at radius 2 is 1.59 bits per heavy atom. The van der Waals surface area contributed by atoms with E-state index in [0.29, 0.717) is 5.65 Å². The van der Waals surface area contributed by atoms with E-state index in [9.17, 15) is 0 Å². The first-order valence-electron chi connectivity index (χ1n) is 10.4. The van der Waals surface area contributed by atoms with Crippen LogP contribution in [0.5, 0.6) is 0 Å². The fraction of sp³-hybridized carbons (Fsp3) is 0.120. The van der Waals surface area contributed by atoms with Gasteiger partial charge in [-0.2, -0.15) is 5.10 Å². The van der Waals surface area contributed by atoms with Crippen LogP contribution in [0.4, 0.5) is 0 Å². The summed E-state index contributed by atoms with van der Waals surface area (Å²) in [6.07, 6.45) is 3.59. The largest absolute Gasteiger partial charge is 0.322 e. The van der Waals surface area contributed by atoms with Gasteiger partial charge < -0.3 is 5.73 Å². The second-order valence-corrected chi connectivity index (χ2v) is 8.65. The maximum absolute atomic E-state index is 6.24. The molecule has 3 N–H and O–H groups in total. The van der Waals surface area contributed by atoms with Crippen LogP contribution in [0.2, 0.25) is 0 Å². The normalized spacial score (nSPS) is 12.2. The van der Waals surface area contributed by atoms with Gasteiger partial charge in [-0.25, -0.2) is 0 Å². The van der Waals surface area contributed by atoms with Crippen LogP contribution in [-0.4, -0.2) is 29.8 Å². The van der Waals surface area contributed by atoms with Crippen molar-refractivity contribution in [1.29, 1.82) is 0 Å². The highest BCUT2D eigenvalue weighted by Crippen LogP contribution is 2.29. The fourth-order valence-corrected chi connectivity index (χ4v) is 4.09. The third-order valence-electron chi connectivity index (χ3n) is 5.88. The average molecular weight is 419 g/mol. The van der Waals surface area contributed by atoms with Crippen molar-refractivity contribution in [2.24, 2.45) is 5.73 Å². The quantitative estimate of drug-likeness (QED) is 0.434. The number of benzene rings is 3. The second kappa shape index (κ2) is 6.70. The molecule has 0 unspecified atom stereocenters. The van der Waals surface area contributed by atoms with Gasteiger partial charge in [0.2, 0.25) is 0 Å². The van der Waals surface area contributed by atoms with Crippen molar-refractivity contribution < 1.29 is 0 Å². The molecule has 0 aliphatic heterocycles. The number of hydrogen-bond acceptors (Lipinski definition) is 5. The molecule has 0 bridgehead atoms. The Morgan fingerprint density at radius 1 is 0.844 bits per heavy atom. The minimum atomic E-state index is -0.396. The highest BCUT2D eigenvalue weighted by atomic mass is 15.3. The van der Waals surface area contributed by atoms with Crippen LogP contribution in [0.3, 0.4) is 0 Å². The first kappa shape index (κ1) is 18.7. The van der Waals surface area contributed by atoms with E-state index in [2.05, 4.69) is 54.0 Å². The van der Waals surface area contributed by atoms with Gasteiger partial charge in [-0.1, -0.05) is 36.4 Å². The molecule has 3 aromatic carbocycles. The van der Waals surface area contributed by atoms with Crippen LogP contribution < -0.4 is 5.73 Å². The van der Waals surface area contributed by atoms with Crippen LogP contribution in [-0.2, 0) is 5.54 Å². The van der Waals surface area contributed by atoms with E-state index in [0.717, 1.165) is 50.0 Å². The van der Waals surface area contributed by atoms with Crippen molar-refractivity contribution in [1.82, 2.24) is 29.8 Å². The van der Waals surface area contributed by atoms with Crippen molar-refractivity contribution in [2.45, 2.75) is 19.4 Å². The fourth-order valence-electron chi connectivity index (χ4n) is 4.09. The van der Waals surface area contributed by atoms with E-state index in [-0.39, 0.29) is 0 Å². The van der Waals surface area contributed by atoms with E-state index in [1.807, 2.05) is 56.4 Å². The lowest BCUT2D eigenvalue weighted by atomic mass is 9.95. The van der Waals surface area contributed by atoms with Crippen LogP contribution in [0.1, 0.15) is 19.4 Å². The summed E-state index contributed by atoms with van der Waals surface area (Å²) in [5, 5.41) is 17.0. The maximum atomic E-state index is 6.24. The summed E-state index contributed by atoms with van der Waals surface area (Å²) in [5.74, 6) is 0.774. The van der Waals surface area contributed by atoms with Gasteiger partial charge in [-0.05, 0) is 54.8 Å². The summed E-state index contributed by atoms with van der Waals surface area (Å²) in [6, 6.07) is 20.7. The van der Waals surface area contributed by atoms with Crippen molar-refractivity contribution in [3.05, 3.63) is 78.6 Å². The topological polar surface area (TPSA) is 97.8 Å². The zero-order valence-corrected chi connectivity index (χ0v) is 17.7. The van der Waals surface area contributed by atoms with Gasteiger partial charge in [0.25, 0.3) is 0 Å². The van der Waals surface area contributed by atoms with E-state index in [1.165, 1.54) is 0 Å². The standard InChI is InChI=1S/C25H21N7/c1-25(2,26)19-7-3-15(4-8-19)24-31-30-23-14-27-21-10-6-17(12-22(21)32(23)24)16-5-9-20-18(11-16)13-28-29-20/h3-14H,26H2,1-2H3,(H,28,29). The highest BCUT2D eigenvalue weighted by Gasteiger charge is 2.16. The molecule has 6 aromatic rings. The highest BCUT2D eigenvalue weighted by molar-refractivity contribution is 5.88. The zero-order valence-electron chi connectivity index (χ0n) is 17.7. The molecular weight excluding hydrogens is 398 g/mol. The van der Waals surface area contributed by atoms with E-state index < -0.39 is 5.54 Å². The first-order chi connectivity index (χ1) is 15.5. The molecule has 7 heteroatoms. The Kier molecular flexibility index (Phi) is 3.90. The maximum Gasteiger partial charge on any atom is 0.180 e. The Hall–Kier alpha value is -4.10. The van der Waals surface area contributed by atoms with Crippen LogP contribution in [0.25, 0.3) is 50.1 Å².